The normalized spacial score (nSPS) is 12.1. The summed E-state index contributed by atoms with van der Waals surface area (Å²) in [7, 11) is 3.14. The first-order valence-corrected chi connectivity index (χ1v) is 6.83. The molecule has 1 unspecified atom stereocenters. The molecule has 1 rings (SSSR count). The van der Waals surface area contributed by atoms with E-state index in [0.717, 1.165) is 5.69 Å². The van der Waals surface area contributed by atoms with Crippen LogP contribution < -0.4 is 5.32 Å². The number of methoxy groups -OCH3 is 1. The van der Waals surface area contributed by atoms with E-state index in [2.05, 4.69) is 5.32 Å². The van der Waals surface area contributed by atoms with E-state index in [0.29, 0.717) is 17.1 Å². The number of aliphatic hydroxyl groups excluding tert-OH is 1. The lowest BCUT2D eigenvalue weighted by molar-refractivity contribution is 0.0380. The maximum Gasteiger partial charge on any atom is 0.255 e. The molecule has 20 heavy (non-hydrogen) atoms. The molecule has 112 valence electrons. The summed E-state index contributed by atoms with van der Waals surface area (Å²) in [4.78, 5) is 13.9. The molecule has 0 aliphatic rings. The Hall–Kier alpha value is -1.30. The van der Waals surface area contributed by atoms with Gasteiger partial charge in [0.25, 0.3) is 5.91 Å². The van der Waals surface area contributed by atoms with Gasteiger partial charge in [0, 0.05) is 38.0 Å². The van der Waals surface area contributed by atoms with Crippen molar-refractivity contribution in [2.24, 2.45) is 0 Å². The van der Waals surface area contributed by atoms with Crippen molar-refractivity contribution in [2.45, 2.75) is 13.0 Å². The highest BCUT2D eigenvalue weighted by Crippen LogP contribution is 2.22. The van der Waals surface area contributed by atoms with Crippen LogP contribution in [0.1, 0.15) is 17.3 Å². The fourth-order valence-corrected chi connectivity index (χ4v) is 2.06. The molecule has 0 aliphatic carbocycles. The standard InChI is InChI=1S/C14H21ClN2O3/c1-4-16-13-6-5-10(15)7-12(13)14(19)17(2)8-11(18)9-20-3/h5-7,11,16,18H,4,8-9H2,1-3H3. The van der Waals surface area contributed by atoms with Crippen LogP contribution in [0.4, 0.5) is 5.69 Å². The van der Waals surface area contributed by atoms with Gasteiger partial charge in [-0.25, -0.2) is 0 Å². The first-order valence-electron chi connectivity index (χ1n) is 6.45. The molecule has 6 heteroatoms. The minimum atomic E-state index is -0.712. The first kappa shape index (κ1) is 16.8. The van der Waals surface area contributed by atoms with E-state index in [1.807, 2.05) is 6.92 Å². The molecule has 0 heterocycles. The molecule has 1 aromatic carbocycles. The van der Waals surface area contributed by atoms with E-state index in [-0.39, 0.29) is 19.1 Å². The van der Waals surface area contributed by atoms with Gasteiger partial charge >= 0.3 is 0 Å². The van der Waals surface area contributed by atoms with Gasteiger partial charge in [-0.1, -0.05) is 11.6 Å². The summed E-state index contributed by atoms with van der Waals surface area (Å²) in [6.45, 7) is 3.05. The van der Waals surface area contributed by atoms with Gasteiger partial charge in [0.2, 0.25) is 0 Å². The number of carbonyl (C=O) groups is 1. The van der Waals surface area contributed by atoms with E-state index < -0.39 is 6.10 Å². The van der Waals surface area contributed by atoms with Crippen molar-refractivity contribution in [3.05, 3.63) is 28.8 Å². The van der Waals surface area contributed by atoms with E-state index in [9.17, 15) is 9.90 Å². The lowest BCUT2D eigenvalue weighted by atomic mass is 10.1. The molecule has 5 nitrogen and oxygen atoms in total. The lowest BCUT2D eigenvalue weighted by Gasteiger charge is -2.22. The third-order valence-electron chi connectivity index (χ3n) is 2.77. The molecular weight excluding hydrogens is 280 g/mol. The predicted octanol–water partition coefficient (Wildman–Crippen LogP) is 1.85. The number of ether oxygens (including phenoxy) is 1. The Morgan fingerprint density at radius 1 is 1.55 bits per heavy atom. The van der Waals surface area contributed by atoms with Gasteiger partial charge in [-0.15, -0.1) is 0 Å². The Bertz CT molecular complexity index is 454. The second-order valence-electron chi connectivity index (χ2n) is 4.52. The van der Waals surface area contributed by atoms with Crippen LogP contribution in [-0.2, 0) is 4.74 Å². The topological polar surface area (TPSA) is 61.8 Å². The zero-order chi connectivity index (χ0) is 15.1. The Kier molecular flexibility index (Phi) is 6.78. The van der Waals surface area contributed by atoms with Gasteiger partial charge in [-0.05, 0) is 25.1 Å². The highest BCUT2D eigenvalue weighted by Gasteiger charge is 2.18. The summed E-state index contributed by atoms with van der Waals surface area (Å²) in [5, 5.41) is 13.3. The molecule has 0 saturated heterocycles. The van der Waals surface area contributed by atoms with E-state index in [1.54, 1.807) is 25.2 Å². The van der Waals surface area contributed by atoms with Crippen LogP contribution in [0.3, 0.4) is 0 Å². The molecule has 1 atom stereocenters. The van der Waals surface area contributed by atoms with Crippen LogP contribution >= 0.6 is 11.6 Å². The molecule has 0 aliphatic heterocycles. The average Bonchev–Trinajstić information content (AvgIpc) is 2.40. The molecule has 1 aromatic rings. The quantitative estimate of drug-likeness (QED) is 0.807. The SMILES string of the molecule is CCNc1ccc(Cl)cc1C(=O)N(C)CC(O)COC. The molecule has 0 bridgehead atoms. The summed E-state index contributed by atoms with van der Waals surface area (Å²) in [5.74, 6) is -0.196. The maximum atomic E-state index is 12.4. The highest BCUT2D eigenvalue weighted by atomic mass is 35.5. The fraction of sp³-hybridized carbons (Fsp3) is 0.500. The van der Waals surface area contributed by atoms with Crippen molar-refractivity contribution in [2.75, 3.05) is 39.2 Å². The molecule has 0 fully saturated rings. The third kappa shape index (κ3) is 4.67. The van der Waals surface area contributed by atoms with Crippen LogP contribution in [-0.4, -0.2) is 55.9 Å². The van der Waals surface area contributed by atoms with Crippen LogP contribution in [0.25, 0.3) is 0 Å². The van der Waals surface area contributed by atoms with Crippen LogP contribution in [0.15, 0.2) is 18.2 Å². The zero-order valence-corrected chi connectivity index (χ0v) is 12.8. The minimum absolute atomic E-state index is 0.188. The number of benzene rings is 1. The summed E-state index contributed by atoms with van der Waals surface area (Å²) in [6.07, 6.45) is -0.712. The molecule has 0 spiro atoms. The Morgan fingerprint density at radius 3 is 2.85 bits per heavy atom. The fourth-order valence-electron chi connectivity index (χ4n) is 1.89. The zero-order valence-electron chi connectivity index (χ0n) is 12.0. The molecule has 0 aromatic heterocycles. The number of anilines is 1. The summed E-state index contributed by atoms with van der Waals surface area (Å²) < 4.78 is 4.85. The van der Waals surface area contributed by atoms with Crippen molar-refractivity contribution in [1.29, 1.82) is 0 Å². The number of rotatable bonds is 7. The number of hydrogen-bond donors (Lipinski definition) is 2. The molecule has 0 saturated carbocycles. The van der Waals surface area contributed by atoms with E-state index in [4.69, 9.17) is 16.3 Å². The number of carbonyl (C=O) groups excluding carboxylic acids is 1. The Labute approximate surface area is 124 Å². The van der Waals surface area contributed by atoms with Gasteiger partial charge in [-0.2, -0.15) is 0 Å². The molecular formula is C14H21ClN2O3. The second-order valence-corrected chi connectivity index (χ2v) is 4.95. The average molecular weight is 301 g/mol. The van der Waals surface area contributed by atoms with Crippen LogP contribution in [0, 0.1) is 0 Å². The van der Waals surface area contributed by atoms with Crippen LogP contribution in [0.2, 0.25) is 5.02 Å². The van der Waals surface area contributed by atoms with Crippen molar-refractivity contribution >= 4 is 23.2 Å². The van der Waals surface area contributed by atoms with Crippen molar-refractivity contribution in [3.63, 3.8) is 0 Å². The number of nitrogens with zero attached hydrogens (tertiary/aromatic N) is 1. The lowest BCUT2D eigenvalue weighted by Crippen LogP contribution is -2.36. The monoisotopic (exact) mass is 300 g/mol. The number of aliphatic hydroxyl groups is 1. The van der Waals surface area contributed by atoms with Gasteiger partial charge < -0.3 is 20.1 Å². The van der Waals surface area contributed by atoms with Gasteiger partial charge in [0.05, 0.1) is 18.3 Å². The smallest absolute Gasteiger partial charge is 0.255 e. The van der Waals surface area contributed by atoms with Gasteiger partial charge in [0.15, 0.2) is 0 Å². The second kappa shape index (κ2) is 8.09. The van der Waals surface area contributed by atoms with E-state index >= 15 is 0 Å². The molecule has 1 amide bonds. The largest absolute Gasteiger partial charge is 0.389 e. The van der Waals surface area contributed by atoms with Crippen molar-refractivity contribution in [1.82, 2.24) is 4.90 Å². The first-order chi connectivity index (χ1) is 9.49. The van der Waals surface area contributed by atoms with Gasteiger partial charge in [-0.3, -0.25) is 4.79 Å². The Balaban J connectivity index is 2.87. The third-order valence-corrected chi connectivity index (χ3v) is 3.00. The maximum absolute atomic E-state index is 12.4. The van der Waals surface area contributed by atoms with Crippen molar-refractivity contribution in [3.8, 4) is 0 Å². The number of halogens is 1. The summed E-state index contributed by atoms with van der Waals surface area (Å²) in [6, 6.07) is 5.13. The molecule has 2 N–H and O–H groups in total. The number of amides is 1. The van der Waals surface area contributed by atoms with E-state index in [1.165, 1.54) is 12.0 Å². The van der Waals surface area contributed by atoms with Gasteiger partial charge in [0.1, 0.15) is 0 Å². The number of hydrogen-bond acceptors (Lipinski definition) is 4. The predicted molar refractivity (Wildman–Crippen MR) is 80.5 cm³/mol. The van der Waals surface area contributed by atoms with Crippen molar-refractivity contribution < 1.29 is 14.6 Å². The van der Waals surface area contributed by atoms with Crippen LogP contribution in [0.5, 0.6) is 0 Å². The highest BCUT2D eigenvalue weighted by molar-refractivity contribution is 6.31. The Morgan fingerprint density at radius 2 is 2.25 bits per heavy atom. The summed E-state index contributed by atoms with van der Waals surface area (Å²) >= 11 is 5.95. The number of likely N-dealkylation sites (N-methyl/N-ethyl adjacent to an activating group) is 1. The minimum Gasteiger partial charge on any atom is -0.389 e. The summed E-state index contributed by atoms with van der Waals surface area (Å²) in [5.41, 5.74) is 1.22. The number of nitrogens with one attached hydrogen (secondary N) is 1. The molecule has 0 radical (unpaired) electrons.